The molecule has 0 saturated heterocycles. The lowest BCUT2D eigenvalue weighted by Gasteiger charge is -2.16. The fraction of sp³-hybridized carbons (Fsp3) is 0.238. The summed E-state index contributed by atoms with van der Waals surface area (Å²) >= 11 is 0. The first-order valence-corrected chi connectivity index (χ1v) is 8.77. The number of hydrogen-bond donors (Lipinski definition) is 2. The zero-order valence-electron chi connectivity index (χ0n) is 14.4. The first-order valence-electron chi connectivity index (χ1n) is 8.77. The number of hydrogen-bond acceptors (Lipinski definition) is 3. The first-order chi connectivity index (χ1) is 12.6. The van der Waals surface area contributed by atoms with E-state index in [2.05, 4.69) is 5.32 Å². The Hall–Kier alpha value is -2.92. The number of carbonyl (C=O) groups excluding carboxylic acids is 1. The molecule has 132 valence electrons. The van der Waals surface area contributed by atoms with Gasteiger partial charge in [-0.25, -0.2) is 0 Å². The maximum Gasteiger partial charge on any atom is 0.323 e. The highest BCUT2D eigenvalue weighted by molar-refractivity contribution is 6.10. The average molecular weight is 348 g/mol. The molecule has 3 aromatic rings. The molecule has 5 nitrogen and oxygen atoms in total. The van der Waals surface area contributed by atoms with Crippen LogP contribution >= 0.6 is 0 Å². The molecule has 0 saturated carbocycles. The summed E-state index contributed by atoms with van der Waals surface area (Å²) in [7, 11) is 0. The van der Waals surface area contributed by atoms with E-state index < -0.39 is 5.97 Å². The molecule has 2 N–H and O–H groups in total. The average Bonchev–Trinajstić information content (AvgIpc) is 2.96. The number of carbonyl (C=O) groups is 2. The van der Waals surface area contributed by atoms with Crippen LogP contribution in [0.1, 0.15) is 27.2 Å². The first kappa shape index (κ1) is 16.5. The van der Waals surface area contributed by atoms with Gasteiger partial charge in [0.15, 0.2) is 5.78 Å². The molecule has 26 heavy (non-hydrogen) atoms. The Morgan fingerprint density at radius 2 is 1.88 bits per heavy atom. The molecule has 0 unspecified atom stereocenters. The minimum absolute atomic E-state index is 0.0580. The number of carboxylic acids is 1. The van der Waals surface area contributed by atoms with Crippen LogP contribution in [-0.2, 0) is 30.7 Å². The molecule has 0 aliphatic carbocycles. The minimum atomic E-state index is -0.871. The van der Waals surface area contributed by atoms with Crippen molar-refractivity contribution < 1.29 is 14.7 Å². The Morgan fingerprint density at radius 3 is 2.65 bits per heavy atom. The zero-order valence-corrected chi connectivity index (χ0v) is 14.4. The summed E-state index contributed by atoms with van der Waals surface area (Å²) in [5.74, 6) is -0.813. The van der Waals surface area contributed by atoms with Crippen molar-refractivity contribution in [2.45, 2.75) is 25.9 Å². The number of fused-ring (bicyclic) bond motifs is 3. The quantitative estimate of drug-likeness (QED) is 0.696. The summed E-state index contributed by atoms with van der Waals surface area (Å²) in [5, 5.41) is 13.6. The van der Waals surface area contributed by atoms with Gasteiger partial charge in [-0.2, -0.15) is 0 Å². The standard InChI is InChI=1S/C21H20N2O3/c24-19(11-14-5-2-1-3-6-14)15-7-4-8-18-21(15)16-12-22-10-9-17(16)23(18)13-20(25)26/h1-8,22H,9-13H2,(H,25,26). The lowest BCUT2D eigenvalue weighted by Crippen LogP contribution is -2.25. The van der Waals surface area contributed by atoms with Crippen LogP contribution in [0.15, 0.2) is 48.5 Å². The van der Waals surface area contributed by atoms with Crippen molar-refractivity contribution in [2.75, 3.05) is 6.54 Å². The number of aromatic nitrogens is 1. The van der Waals surface area contributed by atoms with Gasteiger partial charge >= 0.3 is 5.97 Å². The van der Waals surface area contributed by atoms with Crippen LogP contribution in [0, 0.1) is 0 Å². The number of nitrogens with one attached hydrogen (secondary N) is 1. The van der Waals surface area contributed by atoms with Crippen molar-refractivity contribution >= 4 is 22.7 Å². The number of nitrogens with zero attached hydrogens (tertiary/aromatic N) is 1. The molecule has 0 bridgehead atoms. The van der Waals surface area contributed by atoms with E-state index in [1.54, 1.807) is 0 Å². The number of carboxylic acid groups (broad SMARTS) is 1. The van der Waals surface area contributed by atoms with Gasteiger partial charge in [-0.3, -0.25) is 9.59 Å². The van der Waals surface area contributed by atoms with E-state index in [9.17, 15) is 14.7 Å². The minimum Gasteiger partial charge on any atom is -0.480 e. The summed E-state index contributed by atoms with van der Waals surface area (Å²) in [6.45, 7) is 1.40. The molecule has 1 aliphatic rings. The van der Waals surface area contributed by atoms with Crippen molar-refractivity contribution in [1.82, 2.24) is 9.88 Å². The molecule has 0 radical (unpaired) electrons. The van der Waals surface area contributed by atoms with Gasteiger partial charge in [0.2, 0.25) is 0 Å². The van der Waals surface area contributed by atoms with E-state index >= 15 is 0 Å². The fourth-order valence-corrected chi connectivity index (χ4v) is 3.86. The Bertz CT molecular complexity index is 989. The fourth-order valence-electron chi connectivity index (χ4n) is 3.86. The van der Waals surface area contributed by atoms with Crippen molar-refractivity contribution in [1.29, 1.82) is 0 Å². The molecular formula is C21H20N2O3. The number of rotatable bonds is 5. The monoisotopic (exact) mass is 348 g/mol. The Labute approximate surface area is 151 Å². The number of benzene rings is 2. The molecule has 0 amide bonds. The molecule has 2 heterocycles. The molecule has 1 aliphatic heterocycles. The van der Waals surface area contributed by atoms with Crippen LogP contribution in [0.3, 0.4) is 0 Å². The summed E-state index contributed by atoms with van der Waals surface area (Å²) in [5.41, 5.74) is 4.58. The van der Waals surface area contributed by atoms with E-state index in [4.69, 9.17) is 0 Å². The van der Waals surface area contributed by atoms with E-state index in [-0.39, 0.29) is 12.3 Å². The number of aliphatic carboxylic acids is 1. The number of Topliss-reactive ketones (excluding diaryl/α,β-unsaturated/α-hetero) is 1. The van der Waals surface area contributed by atoms with E-state index in [1.165, 1.54) is 0 Å². The van der Waals surface area contributed by atoms with Crippen LogP contribution in [-0.4, -0.2) is 28.0 Å². The van der Waals surface area contributed by atoms with Crippen LogP contribution in [0.4, 0.5) is 0 Å². The van der Waals surface area contributed by atoms with Crippen LogP contribution in [0.25, 0.3) is 10.9 Å². The largest absolute Gasteiger partial charge is 0.480 e. The Morgan fingerprint density at radius 1 is 1.08 bits per heavy atom. The van der Waals surface area contributed by atoms with Gasteiger partial charge in [-0.05, 0) is 17.2 Å². The molecule has 2 aromatic carbocycles. The molecule has 1 aromatic heterocycles. The topological polar surface area (TPSA) is 71.3 Å². The second-order valence-electron chi connectivity index (χ2n) is 6.62. The Kier molecular flexibility index (Phi) is 4.31. The summed E-state index contributed by atoms with van der Waals surface area (Å²) < 4.78 is 1.85. The Balaban J connectivity index is 1.84. The number of ketones is 1. The second-order valence-corrected chi connectivity index (χ2v) is 6.62. The van der Waals surface area contributed by atoms with Gasteiger partial charge < -0.3 is 15.0 Å². The van der Waals surface area contributed by atoms with Crippen molar-refractivity contribution in [3.63, 3.8) is 0 Å². The molecule has 0 spiro atoms. The highest BCUT2D eigenvalue weighted by Crippen LogP contribution is 2.32. The SMILES string of the molecule is O=C(O)Cn1c2c(c3c(C(=O)Cc4ccccc4)cccc31)CNCC2. The third kappa shape index (κ3) is 2.91. The summed E-state index contributed by atoms with van der Waals surface area (Å²) in [4.78, 5) is 24.4. The second kappa shape index (κ2) is 6.77. The van der Waals surface area contributed by atoms with Crippen molar-refractivity contribution in [2.24, 2.45) is 0 Å². The molecule has 4 rings (SSSR count). The van der Waals surface area contributed by atoms with Gasteiger partial charge in [0, 0.05) is 48.1 Å². The highest BCUT2D eigenvalue weighted by Gasteiger charge is 2.24. The molecule has 0 atom stereocenters. The van der Waals surface area contributed by atoms with Crippen molar-refractivity contribution in [3.8, 4) is 0 Å². The van der Waals surface area contributed by atoms with Crippen LogP contribution in [0.5, 0.6) is 0 Å². The van der Waals surface area contributed by atoms with Gasteiger partial charge in [0.1, 0.15) is 6.54 Å². The lowest BCUT2D eigenvalue weighted by molar-refractivity contribution is -0.137. The normalized spacial score (nSPS) is 13.5. The van der Waals surface area contributed by atoms with Gasteiger partial charge in [0.05, 0.1) is 0 Å². The summed E-state index contributed by atoms with van der Waals surface area (Å²) in [6, 6.07) is 15.3. The lowest BCUT2D eigenvalue weighted by atomic mass is 9.96. The molecule has 5 heteroatoms. The van der Waals surface area contributed by atoms with Gasteiger partial charge in [-0.1, -0.05) is 42.5 Å². The van der Waals surface area contributed by atoms with Crippen molar-refractivity contribution in [3.05, 3.63) is 70.9 Å². The predicted octanol–water partition coefficient (Wildman–Crippen LogP) is 2.80. The van der Waals surface area contributed by atoms with Crippen LogP contribution < -0.4 is 5.32 Å². The molecule has 0 fully saturated rings. The maximum absolute atomic E-state index is 13.0. The highest BCUT2D eigenvalue weighted by atomic mass is 16.4. The maximum atomic E-state index is 13.0. The molecular weight excluding hydrogens is 328 g/mol. The van der Waals surface area contributed by atoms with E-state index in [0.29, 0.717) is 18.5 Å². The van der Waals surface area contributed by atoms with Gasteiger partial charge in [-0.15, -0.1) is 0 Å². The predicted molar refractivity (Wildman–Crippen MR) is 99.5 cm³/mol. The third-order valence-corrected chi connectivity index (χ3v) is 4.95. The van der Waals surface area contributed by atoms with E-state index in [1.807, 2.05) is 53.1 Å². The summed E-state index contributed by atoms with van der Waals surface area (Å²) in [6.07, 6.45) is 1.11. The zero-order chi connectivity index (χ0) is 18.1. The smallest absolute Gasteiger partial charge is 0.323 e. The van der Waals surface area contributed by atoms with Gasteiger partial charge in [0.25, 0.3) is 0 Å². The third-order valence-electron chi connectivity index (χ3n) is 4.95. The van der Waals surface area contributed by atoms with E-state index in [0.717, 1.165) is 40.7 Å². The van der Waals surface area contributed by atoms with Crippen LogP contribution in [0.2, 0.25) is 0 Å².